The van der Waals surface area contributed by atoms with Crippen molar-refractivity contribution < 1.29 is 14.5 Å². The van der Waals surface area contributed by atoms with E-state index >= 15 is 0 Å². The Hall–Kier alpha value is -1.66. The van der Waals surface area contributed by atoms with E-state index in [1.165, 1.54) is 46.6 Å². The minimum absolute atomic E-state index is 0.163. The Bertz CT molecular complexity index is 723. The molecule has 2 atom stereocenters. The lowest BCUT2D eigenvalue weighted by Gasteiger charge is -2.32. The van der Waals surface area contributed by atoms with Crippen LogP contribution in [-0.4, -0.2) is 31.6 Å². The highest BCUT2D eigenvalue weighted by molar-refractivity contribution is 7.10. The van der Waals surface area contributed by atoms with Gasteiger partial charge in [0.1, 0.15) is 6.04 Å². The van der Waals surface area contributed by atoms with Crippen LogP contribution in [0.5, 0.6) is 0 Å². The number of hydrogen-bond donors (Lipinski definition) is 3. The first-order valence-corrected chi connectivity index (χ1v) is 11.2. The van der Waals surface area contributed by atoms with Gasteiger partial charge < -0.3 is 10.2 Å². The highest BCUT2D eigenvalue weighted by Gasteiger charge is 2.43. The normalized spacial score (nSPS) is 24.7. The van der Waals surface area contributed by atoms with Crippen molar-refractivity contribution in [2.45, 2.75) is 57.4 Å². The molecule has 0 bridgehead atoms. The van der Waals surface area contributed by atoms with Crippen molar-refractivity contribution in [1.82, 2.24) is 10.6 Å². The number of carbonyl (C=O) groups excluding carboxylic acids is 2. The molecule has 1 unspecified atom stereocenters. The fourth-order valence-electron chi connectivity index (χ4n) is 4.59. The number of quaternary nitrogens is 1. The zero-order chi connectivity index (χ0) is 18.6. The molecule has 146 valence electrons. The molecule has 1 aliphatic heterocycles. The first-order valence-electron chi connectivity index (χ1n) is 10.4. The average molecular weight is 389 g/mol. The number of rotatable bonds is 6. The molecule has 1 saturated carbocycles. The lowest BCUT2D eigenvalue weighted by molar-refractivity contribution is -0.928. The lowest BCUT2D eigenvalue weighted by Crippen LogP contribution is -3.14. The van der Waals surface area contributed by atoms with E-state index in [1.54, 1.807) is 0 Å². The first-order chi connectivity index (χ1) is 13.2. The number of nitrogens with one attached hydrogen (secondary N) is 3. The van der Waals surface area contributed by atoms with Gasteiger partial charge in [-0.25, -0.2) is 4.79 Å². The van der Waals surface area contributed by atoms with E-state index in [2.05, 4.69) is 28.2 Å². The summed E-state index contributed by atoms with van der Waals surface area (Å²) in [7, 11) is 0. The van der Waals surface area contributed by atoms with Gasteiger partial charge >= 0.3 is 6.03 Å². The van der Waals surface area contributed by atoms with Crippen LogP contribution in [0, 0.1) is 5.92 Å². The van der Waals surface area contributed by atoms with Gasteiger partial charge in [0, 0.05) is 29.3 Å². The third-order valence-corrected chi connectivity index (χ3v) is 7.08. The van der Waals surface area contributed by atoms with Gasteiger partial charge in [-0.2, -0.15) is 0 Å². The van der Waals surface area contributed by atoms with Crippen molar-refractivity contribution in [3.05, 3.63) is 33.5 Å². The van der Waals surface area contributed by atoms with E-state index in [0.29, 0.717) is 25.0 Å². The van der Waals surface area contributed by atoms with Crippen LogP contribution in [0.2, 0.25) is 0 Å². The number of imide groups is 1. The largest absolute Gasteiger partial charge is 0.337 e. The Labute approximate surface area is 165 Å². The second-order valence-electron chi connectivity index (χ2n) is 8.11. The second-order valence-corrected chi connectivity index (χ2v) is 9.11. The summed E-state index contributed by atoms with van der Waals surface area (Å²) in [6, 6.07) is 2.33. The van der Waals surface area contributed by atoms with E-state index in [9.17, 15) is 9.59 Å². The van der Waals surface area contributed by atoms with Crippen molar-refractivity contribution in [1.29, 1.82) is 0 Å². The average Bonchev–Trinajstić information content (AvgIpc) is 3.38. The Kier molecular flexibility index (Phi) is 5.93. The van der Waals surface area contributed by atoms with Gasteiger partial charge in [0.05, 0.1) is 6.54 Å². The number of hydrogen-bond acceptors (Lipinski definition) is 3. The predicted molar refractivity (Wildman–Crippen MR) is 107 cm³/mol. The number of carbonyl (C=O) groups is 2. The molecule has 0 spiro atoms. The van der Waals surface area contributed by atoms with Gasteiger partial charge in [0.2, 0.25) is 0 Å². The summed E-state index contributed by atoms with van der Waals surface area (Å²) < 4.78 is 0. The predicted octanol–water partition coefficient (Wildman–Crippen LogP) is 2.36. The van der Waals surface area contributed by atoms with Crippen molar-refractivity contribution in [2.24, 2.45) is 5.92 Å². The molecule has 1 aromatic heterocycles. The van der Waals surface area contributed by atoms with Crippen LogP contribution in [0.4, 0.5) is 4.79 Å². The fraction of sp³-hybridized carbons (Fsp3) is 0.619. The highest BCUT2D eigenvalue weighted by Crippen LogP contribution is 2.42. The second kappa shape index (κ2) is 8.57. The zero-order valence-corrected chi connectivity index (χ0v) is 16.7. The minimum atomic E-state index is -0.355. The van der Waals surface area contributed by atoms with Crippen molar-refractivity contribution in [3.8, 4) is 0 Å². The number of amides is 3. The maximum Gasteiger partial charge on any atom is 0.321 e. The molecule has 3 aliphatic rings. The molecule has 0 aromatic carbocycles. The molecular formula is C21H30N3O2S+. The number of urea groups is 1. The maximum absolute atomic E-state index is 12.4. The van der Waals surface area contributed by atoms with Gasteiger partial charge in [-0.3, -0.25) is 10.1 Å². The molecule has 27 heavy (non-hydrogen) atoms. The summed E-state index contributed by atoms with van der Waals surface area (Å²) in [5, 5.41) is 7.55. The van der Waals surface area contributed by atoms with Crippen LogP contribution in [0.3, 0.4) is 0 Å². The molecule has 3 amide bonds. The molecule has 5 nitrogen and oxygen atoms in total. The van der Waals surface area contributed by atoms with Crippen LogP contribution in [0.25, 0.3) is 0 Å². The van der Waals surface area contributed by atoms with E-state index in [-0.39, 0.29) is 11.9 Å². The Morgan fingerprint density at radius 3 is 2.89 bits per heavy atom. The van der Waals surface area contributed by atoms with Crippen LogP contribution in [-0.2, 0) is 11.2 Å². The molecule has 1 aromatic rings. The Balaban J connectivity index is 1.24. The zero-order valence-electron chi connectivity index (χ0n) is 15.9. The van der Waals surface area contributed by atoms with E-state index in [4.69, 9.17) is 0 Å². The number of allylic oxidation sites excluding steroid dienone is 1. The molecule has 0 saturated heterocycles. The minimum Gasteiger partial charge on any atom is -0.337 e. The Morgan fingerprint density at radius 2 is 2.11 bits per heavy atom. The van der Waals surface area contributed by atoms with Crippen LogP contribution in [0.15, 0.2) is 23.1 Å². The topological polar surface area (TPSA) is 62.6 Å². The number of fused-ring (bicyclic) bond motifs is 1. The van der Waals surface area contributed by atoms with Gasteiger partial charge in [0.15, 0.2) is 6.54 Å². The third-order valence-electron chi connectivity index (χ3n) is 6.08. The van der Waals surface area contributed by atoms with Gasteiger partial charge in [-0.1, -0.05) is 11.6 Å². The van der Waals surface area contributed by atoms with E-state index < -0.39 is 0 Å². The Morgan fingerprint density at radius 1 is 1.22 bits per heavy atom. The van der Waals surface area contributed by atoms with Gasteiger partial charge in [-0.15, -0.1) is 11.3 Å². The first kappa shape index (κ1) is 18.7. The standard InChI is InChI=1S/C21H29N3O2S/c25-19(23-21(26)22-11-8-15-4-2-1-3-5-15)14-24-12-9-18-17(10-13-27-18)20(24)16-6-7-16/h4,10,13,16,20H,1-3,5-9,11-12,14H2,(H2,22,23,25,26)/p+1/t20-/m1/s1. The van der Waals surface area contributed by atoms with Crippen molar-refractivity contribution >= 4 is 23.3 Å². The summed E-state index contributed by atoms with van der Waals surface area (Å²) >= 11 is 1.84. The van der Waals surface area contributed by atoms with E-state index in [0.717, 1.165) is 32.2 Å². The summed E-state index contributed by atoms with van der Waals surface area (Å²) in [6.07, 6.45) is 11.6. The van der Waals surface area contributed by atoms with Gasteiger partial charge in [0.25, 0.3) is 5.91 Å². The molecular weight excluding hydrogens is 358 g/mol. The summed E-state index contributed by atoms with van der Waals surface area (Å²) in [5.74, 6) is 0.544. The fourth-order valence-corrected chi connectivity index (χ4v) is 5.51. The molecule has 4 rings (SSSR count). The molecule has 2 aliphatic carbocycles. The number of thiophene rings is 1. The lowest BCUT2D eigenvalue weighted by atomic mass is 9.96. The molecule has 6 heteroatoms. The van der Waals surface area contributed by atoms with Crippen molar-refractivity contribution in [2.75, 3.05) is 19.6 Å². The monoisotopic (exact) mass is 388 g/mol. The van der Waals surface area contributed by atoms with Crippen LogP contribution in [0.1, 0.15) is 61.4 Å². The van der Waals surface area contributed by atoms with E-state index in [1.807, 2.05) is 11.3 Å². The SMILES string of the molecule is O=C(C[NH+]1CCc2sccc2[C@H]1C1CC1)NC(=O)NCCC1=CCCCC1. The van der Waals surface area contributed by atoms with Crippen LogP contribution >= 0.6 is 11.3 Å². The van der Waals surface area contributed by atoms with Gasteiger partial charge in [-0.05, 0) is 56.4 Å². The van der Waals surface area contributed by atoms with Crippen molar-refractivity contribution in [3.63, 3.8) is 0 Å². The molecule has 2 heterocycles. The highest BCUT2D eigenvalue weighted by atomic mass is 32.1. The quantitative estimate of drug-likeness (QED) is 0.655. The third kappa shape index (κ3) is 4.79. The maximum atomic E-state index is 12.4. The smallest absolute Gasteiger partial charge is 0.321 e. The summed E-state index contributed by atoms with van der Waals surface area (Å²) in [6.45, 7) is 1.97. The summed E-state index contributed by atoms with van der Waals surface area (Å²) in [4.78, 5) is 27.3. The summed E-state index contributed by atoms with van der Waals surface area (Å²) in [5.41, 5.74) is 2.88. The molecule has 1 fully saturated rings. The van der Waals surface area contributed by atoms with Crippen LogP contribution < -0.4 is 15.5 Å². The molecule has 3 N–H and O–H groups in total. The molecule has 0 radical (unpaired) electrons.